The zero-order valence-corrected chi connectivity index (χ0v) is 15.2. The third-order valence-electron chi connectivity index (χ3n) is 3.82. The van der Waals surface area contributed by atoms with Crippen LogP contribution in [0.3, 0.4) is 0 Å². The number of carbonyl (C=O) groups excluding carboxylic acids is 1. The largest absolute Gasteiger partial charge is 0.492 e. The number of halogens is 4. The summed E-state index contributed by atoms with van der Waals surface area (Å²) in [6, 6.07) is 3.71. The van der Waals surface area contributed by atoms with E-state index in [0.29, 0.717) is 12.5 Å². The minimum Gasteiger partial charge on any atom is -0.492 e. The Labute approximate surface area is 162 Å². The van der Waals surface area contributed by atoms with Crippen molar-refractivity contribution in [1.29, 1.82) is 0 Å². The van der Waals surface area contributed by atoms with Crippen molar-refractivity contribution in [2.75, 3.05) is 11.9 Å². The topological polar surface area (TPSA) is 80.4 Å². The Hall–Kier alpha value is -2.32. The van der Waals surface area contributed by atoms with Crippen LogP contribution in [0.15, 0.2) is 29.2 Å². The van der Waals surface area contributed by atoms with Gasteiger partial charge in [0.1, 0.15) is 16.5 Å². The van der Waals surface area contributed by atoms with E-state index in [4.69, 9.17) is 27.9 Å². The highest BCUT2D eigenvalue weighted by Gasteiger charge is 2.24. The van der Waals surface area contributed by atoms with Crippen LogP contribution >= 0.6 is 23.2 Å². The molecule has 27 heavy (non-hydrogen) atoms. The summed E-state index contributed by atoms with van der Waals surface area (Å²) in [6.07, 6.45) is 3.20. The van der Waals surface area contributed by atoms with Crippen LogP contribution in [-0.2, 0) is 0 Å². The number of pyridine rings is 1. The molecule has 0 atom stereocenters. The third-order valence-corrected chi connectivity index (χ3v) is 4.48. The molecule has 0 spiro atoms. The van der Waals surface area contributed by atoms with Crippen molar-refractivity contribution in [3.63, 3.8) is 0 Å². The molecule has 6 nitrogen and oxygen atoms in total. The lowest BCUT2D eigenvalue weighted by Gasteiger charge is -2.14. The second kappa shape index (κ2) is 8.14. The van der Waals surface area contributed by atoms with E-state index in [2.05, 4.69) is 15.0 Å². The number of hydrogen-bond donors (Lipinski definition) is 2. The Bertz CT molecular complexity index is 916. The summed E-state index contributed by atoms with van der Waals surface area (Å²) < 4.78 is 34.8. The summed E-state index contributed by atoms with van der Waals surface area (Å²) in [5.74, 6) is -0.356. The van der Waals surface area contributed by atoms with Crippen molar-refractivity contribution in [2.45, 2.75) is 19.5 Å². The molecule has 0 saturated heterocycles. The smallest absolute Gasteiger partial charge is 0.387 e. The van der Waals surface area contributed by atoms with E-state index in [1.807, 2.05) is 0 Å². The maximum atomic E-state index is 12.6. The Kier molecular flexibility index (Phi) is 5.86. The Morgan fingerprint density at radius 1 is 1.33 bits per heavy atom. The van der Waals surface area contributed by atoms with Gasteiger partial charge in [0.15, 0.2) is 0 Å². The van der Waals surface area contributed by atoms with E-state index < -0.39 is 18.1 Å². The summed E-state index contributed by atoms with van der Waals surface area (Å²) in [5.41, 5.74) is -0.625. The van der Waals surface area contributed by atoms with Crippen LogP contribution < -0.4 is 20.3 Å². The number of aromatic nitrogens is 1. The van der Waals surface area contributed by atoms with Crippen LogP contribution in [0.25, 0.3) is 0 Å². The fraction of sp³-hybridized carbons (Fsp3) is 0.294. The number of hydrogen-bond acceptors (Lipinski definition) is 4. The zero-order chi connectivity index (χ0) is 19.6. The lowest BCUT2D eigenvalue weighted by atomic mass is 10.1. The molecule has 1 saturated carbocycles. The van der Waals surface area contributed by atoms with Crippen molar-refractivity contribution in [3.05, 3.63) is 50.4 Å². The number of alkyl halides is 2. The fourth-order valence-electron chi connectivity index (χ4n) is 2.26. The van der Waals surface area contributed by atoms with Crippen molar-refractivity contribution in [2.24, 2.45) is 5.92 Å². The van der Waals surface area contributed by atoms with Crippen LogP contribution in [0, 0.1) is 5.92 Å². The molecule has 1 heterocycles. The molecule has 0 bridgehead atoms. The number of benzene rings is 1. The van der Waals surface area contributed by atoms with Crippen LogP contribution in [0.2, 0.25) is 10.0 Å². The van der Waals surface area contributed by atoms with Gasteiger partial charge in [0, 0.05) is 12.3 Å². The number of amides is 1. The predicted octanol–water partition coefficient (Wildman–Crippen LogP) is 4.32. The Morgan fingerprint density at radius 2 is 2.07 bits per heavy atom. The lowest BCUT2D eigenvalue weighted by Crippen LogP contribution is -2.18. The second-order valence-corrected chi connectivity index (χ2v) is 6.68. The van der Waals surface area contributed by atoms with Gasteiger partial charge in [0.2, 0.25) is 0 Å². The Balaban J connectivity index is 1.88. The zero-order valence-electron chi connectivity index (χ0n) is 13.7. The maximum absolute atomic E-state index is 12.6. The summed E-state index contributed by atoms with van der Waals surface area (Å²) >= 11 is 11.8. The number of rotatable bonds is 7. The van der Waals surface area contributed by atoms with Gasteiger partial charge < -0.3 is 19.8 Å². The standard InChI is InChI=1S/C17H14Cl2F2N2O4/c18-11-6-22-16(25)13(19)14(11)23-15(24)10-4-3-9(27-17(20)21)5-12(10)26-7-8-1-2-8/h3-6,8,17H,1-2,7H2,(H2,22,23,24,25). The van der Waals surface area contributed by atoms with Gasteiger partial charge in [0.25, 0.3) is 11.5 Å². The molecule has 1 aliphatic rings. The maximum Gasteiger partial charge on any atom is 0.387 e. The molecule has 2 aromatic rings. The first kappa shape index (κ1) is 19.4. The highest BCUT2D eigenvalue weighted by Crippen LogP contribution is 2.33. The van der Waals surface area contributed by atoms with Gasteiger partial charge in [0.05, 0.1) is 22.9 Å². The molecule has 2 N–H and O–H groups in total. The minimum atomic E-state index is -3.00. The number of ether oxygens (including phenoxy) is 2. The van der Waals surface area contributed by atoms with Gasteiger partial charge in [-0.1, -0.05) is 23.2 Å². The minimum absolute atomic E-state index is 0.0334. The highest BCUT2D eigenvalue weighted by atomic mass is 35.5. The van der Waals surface area contributed by atoms with Crippen LogP contribution in [0.5, 0.6) is 11.5 Å². The molecule has 10 heteroatoms. The van der Waals surface area contributed by atoms with Crippen molar-refractivity contribution < 1.29 is 23.0 Å². The molecule has 1 aliphatic carbocycles. The highest BCUT2D eigenvalue weighted by molar-refractivity contribution is 6.39. The Morgan fingerprint density at radius 3 is 2.74 bits per heavy atom. The van der Waals surface area contributed by atoms with Gasteiger partial charge >= 0.3 is 6.61 Å². The van der Waals surface area contributed by atoms with Crippen molar-refractivity contribution in [1.82, 2.24) is 4.98 Å². The van der Waals surface area contributed by atoms with Crippen LogP contribution in [-0.4, -0.2) is 24.1 Å². The van der Waals surface area contributed by atoms with E-state index in [0.717, 1.165) is 12.8 Å². The average Bonchev–Trinajstić information content (AvgIpc) is 3.44. The summed E-state index contributed by atoms with van der Waals surface area (Å²) in [5, 5.41) is 2.20. The van der Waals surface area contributed by atoms with Gasteiger partial charge in [-0.05, 0) is 30.9 Å². The van der Waals surface area contributed by atoms with E-state index in [1.165, 1.54) is 24.4 Å². The first-order chi connectivity index (χ1) is 12.8. The number of H-pyrrole nitrogens is 1. The number of carbonyl (C=O) groups is 1. The predicted molar refractivity (Wildman–Crippen MR) is 96.3 cm³/mol. The average molecular weight is 419 g/mol. The SMILES string of the molecule is O=C(Nc1c(Cl)c[nH]c(=O)c1Cl)c1ccc(OC(F)F)cc1OCC1CC1. The van der Waals surface area contributed by atoms with Crippen LogP contribution in [0.1, 0.15) is 23.2 Å². The molecule has 1 aromatic carbocycles. The molecule has 3 rings (SSSR count). The molecular weight excluding hydrogens is 405 g/mol. The lowest BCUT2D eigenvalue weighted by molar-refractivity contribution is -0.0499. The monoisotopic (exact) mass is 418 g/mol. The van der Waals surface area contributed by atoms with Gasteiger partial charge in [-0.15, -0.1) is 0 Å². The first-order valence-electron chi connectivity index (χ1n) is 7.95. The second-order valence-electron chi connectivity index (χ2n) is 5.90. The first-order valence-corrected chi connectivity index (χ1v) is 8.70. The molecular formula is C17H14Cl2F2N2O4. The molecule has 0 aliphatic heterocycles. The van der Waals surface area contributed by atoms with Gasteiger partial charge in [-0.3, -0.25) is 9.59 Å². The molecule has 144 valence electrons. The summed E-state index contributed by atoms with van der Waals surface area (Å²) in [6.45, 7) is -2.65. The van der Waals surface area contributed by atoms with Crippen LogP contribution in [0.4, 0.5) is 14.5 Å². The summed E-state index contributed by atoms with van der Waals surface area (Å²) in [7, 11) is 0. The normalized spacial score (nSPS) is 13.5. The van der Waals surface area contributed by atoms with E-state index in [1.54, 1.807) is 0 Å². The van der Waals surface area contributed by atoms with Gasteiger partial charge in [-0.25, -0.2) is 0 Å². The van der Waals surface area contributed by atoms with Crippen molar-refractivity contribution >= 4 is 34.8 Å². The third kappa shape index (κ3) is 4.90. The summed E-state index contributed by atoms with van der Waals surface area (Å²) in [4.78, 5) is 26.5. The quantitative estimate of drug-likeness (QED) is 0.701. The molecule has 0 radical (unpaired) electrons. The molecule has 0 unspecified atom stereocenters. The van der Waals surface area contributed by atoms with Gasteiger partial charge in [-0.2, -0.15) is 8.78 Å². The van der Waals surface area contributed by atoms with Crippen molar-refractivity contribution in [3.8, 4) is 11.5 Å². The molecule has 1 amide bonds. The number of anilines is 1. The molecule has 1 aromatic heterocycles. The number of aromatic amines is 1. The van der Waals surface area contributed by atoms with E-state index in [-0.39, 0.29) is 32.8 Å². The van der Waals surface area contributed by atoms with E-state index >= 15 is 0 Å². The number of nitrogens with one attached hydrogen (secondary N) is 2. The fourth-order valence-corrected chi connectivity index (χ4v) is 2.70. The van der Waals surface area contributed by atoms with E-state index in [9.17, 15) is 18.4 Å². The molecule has 1 fully saturated rings.